The Morgan fingerprint density at radius 2 is 2.38 bits per heavy atom. The van der Waals surface area contributed by atoms with E-state index in [2.05, 4.69) is 25.3 Å². The molecule has 70 valence electrons. The molecule has 5 heteroatoms. The molecule has 3 atom stereocenters. The van der Waals surface area contributed by atoms with Gasteiger partial charge in [-0.15, -0.1) is 0 Å². The molecule has 0 N–H and O–H groups in total. The SMILES string of the molecule is Brc1nsc(C2CC3CCC2O3)n1. The predicted molar refractivity (Wildman–Crippen MR) is 52.9 cm³/mol. The van der Waals surface area contributed by atoms with Gasteiger partial charge in [-0.3, -0.25) is 0 Å². The molecule has 3 heterocycles. The number of halogens is 1. The van der Waals surface area contributed by atoms with Crippen molar-refractivity contribution < 1.29 is 4.74 Å². The second-order valence-electron chi connectivity index (χ2n) is 3.62. The lowest BCUT2D eigenvalue weighted by Crippen LogP contribution is -2.13. The summed E-state index contributed by atoms with van der Waals surface area (Å²) in [7, 11) is 0. The van der Waals surface area contributed by atoms with Crippen LogP contribution in [-0.2, 0) is 4.74 Å². The molecule has 0 saturated carbocycles. The molecule has 0 aliphatic carbocycles. The van der Waals surface area contributed by atoms with Gasteiger partial charge in [0.2, 0.25) is 4.73 Å². The third-order valence-electron chi connectivity index (χ3n) is 2.84. The highest BCUT2D eigenvalue weighted by atomic mass is 79.9. The van der Waals surface area contributed by atoms with Gasteiger partial charge in [-0.1, -0.05) is 0 Å². The Morgan fingerprint density at radius 1 is 1.46 bits per heavy atom. The zero-order valence-corrected chi connectivity index (χ0v) is 9.34. The van der Waals surface area contributed by atoms with E-state index in [0.29, 0.717) is 18.1 Å². The van der Waals surface area contributed by atoms with E-state index in [4.69, 9.17) is 4.74 Å². The van der Waals surface area contributed by atoms with Crippen LogP contribution in [-0.4, -0.2) is 21.6 Å². The van der Waals surface area contributed by atoms with Crippen molar-refractivity contribution in [1.29, 1.82) is 0 Å². The minimum Gasteiger partial charge on any atom is -0.374 e. The molecule has 3 nitrogen and oxygen atoms in total. The van der Waals surface area contributed by atoms with Crippen LogP contribution in [0.1, 0.15) is 30.2 Å². The molecule has 3 unspecified atom stereocenters. The molecule has 1 aromatic heterocycles. The minimum absolute atomic E-state index is 0.421. The van der Waals surface area contributed by atoms with Crippen LogP contribution < -0.4 is 0 Å². The summed E-state index contributed by atoms with van der Waals surface area (Å²) in [6.45, 7) is 0. The summed E-state index contributed by atoms with van der Waals surface area (Å²) in [5.74, 6) is 0.516. The van der Waals surface area contributed by atoms with Gasteiger partial charge in [-0.2, -0.15) is 4.37 Å². The summed E-state index contributed by atoms with van der Waals surface area (Å²) in [6, 6.07) is 0. The lowest BCUT2D eigenvalue weighted by Gasteiger charge is -2.14. The molecule has 0 radical (unpaired) electrons. The summed E-state index contributed by atoms with van der Waals surface area (Å²) in [6.07, 6.45) is 4.50. The smallest absolute Gasteiger partial charge is 0.209 e. The quantitative estimate of drug-likeness (QED) is 0.778. The van der Waals surface area contributed by atoms with E-state index >= 15 is 0 Å². The van der Waals surface area contributed by atoms with E-state index in [1.54, 1.807) is 0 Å². The van der Waals surface area contributed by atoms with Crippen molar-refractivity contribution in [2.45, 2.75) is 37.4 Å². The summed E-state index contributed by atoms with van der Waals surface area (Å²) >= 11 is 4.78. The fourth-order valence-corrected chi connectivity index (χ4v) is 3.51. The first-order chi connectivity index (χ1) is 6.33. The Hall–Kier alpha value is -0.0000000000000000278. The normalized spacial score (nSPS) is 37.2. The van der Waals surface area contributed by atoms with Crippen molar-refractivity contribution in [3.8, 4) is 0 Å². The standard InChI is InChI=1S/C8H9BrN2OS/c9-8-10-7(13-11-8)5-3-4-1-2-6(5)12-4/h4-6H,1-3H2. The second kappa shape index (κ2) is 3.00. The topological polar surface area (TPSA) is 35.0 Å². The monoisotopic (exact) mass is 260 g/mol. The maximum atomic E-state index is 5.77. The fourth-order valence-electron chi connectivity index (χ4n) is 2.26. The van der Waals surface area contributed by atoms with Crippen LogP contribution in [0.4, 0.5) is 0 Å². The van der Waals surface area contributed by atoms with E-state index < -0.39 is 0 Å². The lowest BCUT2D eigenvalue weighted by molar-refractivity contribution is 0.101. The Morgan fingerprint density at radius 3 is 2.92 bits per heavy atom. The van der Waals surface area contributed by atoms with Crippen LogP contribution in [0.25, 0.3) is 0 Å². The first kappa shape index (κ1) is 8.32. The first-order valence-corrected chi connectivity index (χ1v) is 6.04. The fraction of sp³-hybridized carbons (Fsp3) is 0.750. The average molecular weight is 261 g/mol. The van der Waals surface area contributed by atoms with Gasteiger partial charge in [0.05, 0.1) is 12.2 Å². The lowest BCUT2D eigenvalue weighted by atomic mass is 9.90. The number of hydrogen-bond donors (Lipinski definition) is 0. The molecule has 0 spiro atoms. The Kier molecular flexibility index (Phi) is 1.92. The van der Waals surface area contributed by atoms with Crippen molar-refractivity contribution in [3.05, 3.63) is 9.74 Å². The van der Waals surface area contributed by atoms with Crippen LogP contribution in [0.15, 0.2) is 4.73 Å². The van der Waals surface area contributed by atoms with E-state index in [-0.39, 0.29) is 0 Å². The van der Waals surface area contributed by atoms with Crippen molar-refractivity contribution in [2.75, 3.05) is 0 Å². The van der Waals surface area contributed by atoms with Gasteiger partial charge in [0.1, 0.15) is 5.01 Å². The molecule has 2 aliphatic rings. The predicted octanol–water partition coefficient (Wildman–Crippen LogP) is 2.34. The molecule has 3 rings (SSSR count). The number of hydrogen-bond acceptors (Lipinski definition) is 4. The summed E-state index contributed by atoms with van der Waals surface area (Å²) in [5, 5.41) is 1.14. The first-order valence-electron chi connectivity index (χ1n) is 4.47. The van der Waals surface area contributed by atoms with Gasteiger partial charge >= 0.3 is 0 Å². The van der Waals surface area contributed by atoms with Crippen molar-refractivity contribution in [1.82, 2.24) is 9.36 Å². The van der Waals surface area contributed by atoms with Gasteiger partial charge < -0.3 is 4.74 Å². The number of ether oxygens (including phenoxy) is 1. The summed E-state index contributed by atoms with van der Waals surface area (Å²) in [4.78, 5) is 4.36. The number of fused-ring (bicyclic) bond motifs is 2. The third-order valence-corrected chi connectivity index (χ3v) is 4.27. The van der Waals surface area contributed by atoms with Crippen LogP contribution in [0.2, 0.25) is 0 Å². The zero-order valence-electron chi connectivity index (χ0n) is 6.94. The highest BCUT2D eigenvalue weighted by Gasteiger charge is 2.42. The van der Waals surface area contributed by atoms with E-state index in [9.17, 15) is 0 Å². The Bertz CT molecular complexity index is 330. The van der Waals surface area contributed by atoms with Gasteiger partial charge in [0.15, 0.2) is 0 Å². The number of nitrogens with zero attached hydrogens (tertiary/aromatic N) is 2. The number of aromatic nitrogens is 2. The molecular weight excluding hydrogens is 252 g/mol. The minimum atomic E-state index is 0.421. The molecular formula is C8H9BrN2OS. The molecule has 13 heavy (non-hydrogen) atoms. The third kappa shape index (κ3) is 1.33. The largest absolute Gasteiger partial charge is 0.374 e. The van der Waals surface area contributed by atoms with Crippen molar-refractivity contribution in [2.24, 2.45) is 0 Å². The van der Waals surface area contributed by atoms with Gasteiger partial charge in [-0.05, 0) is 46.7 Å². The molecule has 2 bridgehead atoms. The highest BCUT2D eigenvalue weighted by Crippen LogP contribution is 2.44. The van der Waals surface area contributed by atoms with Gasteiger partial charge in [0.25, 0.3) is 0 Å². The number of rotatable bonds is 1. The van der Waals surface area contributed by atoms with E-state index in [1.807, 2.05) is 0 Å². The highest BCUT2D eigenvalue weighted by molar-refractivity contribution is 9.10. The van der Waals surface area contributed by atoms with E-state index in [0.717, 1.165) is 16.2 Å². The van der Waals surface area contributed by atoms with Gasteiger partial charge in [-0.25, -0.2) is 4.98 Å². The maximum absolute atomic E-state index is 5.77. The molecule has 1 aromatic rings. The van der Waals surface area contributed by atoms with Crippen LogP contribution in [0.5, 0.6) is 0 Å². The molecule has 2 aliphatic heterocycles. The molecule has 2 saturated heterocycles. The van der Waals surface area contributed by atoms with E-state index in [1.165, 1.54) is 24.4 Å². The summed E-state index contributed by atoms with van der Waals surface area (Å²) in [5.41, 5.74) is 0. The zero-order chi connectivity index (χ0) is 8.84. The summed E-state index contributed by atoms with van der Waals surface area (Å²) < 4.78 is 10.6. The molecule has 2 fully saturated rings. The Labute approximate surface area is 88.8 Å². The van der Waals surface area contributed by atoms with Crippen molar-refractivity contribution in [3.63, 3.8) is 0 Å². The van der Waals surface area contributed by atoms with Crippen LogP contribution in [0.3, 0.4) is 0 Å². The average Bonchev–Trinajstić information content (AvgIpc) is 2.77. The second-order valence-corrected chi connectivity index (χ2v) is 5.11. The molecule has 0 aromatic carbocycles. The van der Waals surface area contributed by atoms with Gasteiger partial charge in [0, 0.05) is 5.92 Å². The van der Waals surface area contributed by atoms with Crippen LogP contribution >= 0.6 is 27.5 Å². The van der Waals surface area contributed by atoms with Crippen molar-refractivity contribution >= 4 is 27.5 Å². The Balaban J connectivity index is 1.87. The molecule has 0 amide bonds. The maximum Gasteiger partial charge on any atom is 0.209 e. The van der Waals surface area contributed by atoms with Crippen LogP contribution in [0, 0.1) is 0 Å².